The van der Waals surface area contributed by atoms with Crippen molar-refractivity contribution < 1.29 is 4.79 Å². The molecular weight excluding hydrogens is 309 g/mol. The fraction of sp³-hybridized carbons (Fsp3) is 0.133. The molecule has 0 aromatic heterocycles. The van der Waals surface area contributed by atoms with Crippen molar-refractivity contribution in [3.8, 4) is 0 Å². The van der Waals surface area contributed by atoms with Crippen LogP contribution in [0.4, 0.5) is 17.1 Å². The van der Waals surface area contributed by atoms with Crippen LogP contribution in [0.2, 0.25) is 10.0 Å². The highest BCUT2D eigenvalue weighted by atomic mass is 35.5. The Hall–Kier alpha value is -1.91. The first-order chi connectivity index (χ1) is 9.90. The van der Waals surface area contributed by atoms with E-state index in [4.69, 9.17) is 28.9 Å². The zero-order valence-electron chi connectivity index (χ0n) is 11.7. The Kier molecular flexibility index (Phi) is 4.60. The Balaban J connectivity index is 2.25. The zero-order valence-corrected chi connectivity index (χ0v) is 13.2. The summed E-state index contributed by atoms with van der Waals surface area (Å²) < 4.78 is 0. The first-order valence-corrected chi connectivity index (χ1v) is 6.98. The van der Waals surface area contributed by atoms with E-state index in [0.717, 1.165) is 5.69 Å². The number of halogens is 2. The molecule has 0 saturated heterocycles. The number of benzene rings is 2. The lowest BCUT2D eigenvalue weighted by atomic mass is 10.1. The van der Waals surface area contributed by atoms with Crippen LogP contribution in [0.1, 0.15) is 10.4 Å². The van der Waals surface area contributed by atoms with Crippen molar-refractivity contribution in [2.24, 2.45) is 0 Å². The molecule has 0 saturated carbocycles. The molecule has 0 atom stereocenters. The van der Waals surface area contributed by atoms with Gasteiger partial charge in [-0.3, -0.25) is 4.79 Å². The van der Waals surface area contributed by atoms with Crippen molar-refractivity contribution in [3.63, 3.8) is 0 Å². The van der Waals surface area contributed by atoms with Crippen LogP contribution in [0.5, 0.6) is 0 Å². The van der Waals surface area contributed by atoms with Crippen molar-refractivity contribution in [2.75, 3.05) is 30.0 Å². The van der Waals surface area contributed by atoms with E-state index in [0.29, 0.717) is 27.0 Å². The van der Waals surface area contributed by atoms with Crippen LogP contribution in [0.15, 0.2) is 36.4 Å². The zero-order chi connectivity index (χ0) is 15.6. The number of rotatable bonds is 3. The molecule has 6 heteroatoms. The number of hydrogen-bond donors (Lipinski definition) is 2. The highest BCUT2D eigenvalue weighted by Gasteiger charge is 2.12. The van der Waals surface area contributed by atoms with Crippen LogP contribution >= 0.6 is 23.2 Å². The van der Waals surface area contributed by atoms with Gasteiger partial charge in [-0.25, -0.2) is 0 Å². The molecule has 2 aromatic carbocycles. The second-order valence-corrected chi connectivity index (χ2v) is 5.51. The van der Waals surface area contributed by atoms with E-state index in [1.165, 1.54) is 0 Å². The highest BCUT2D eigenvalue weighted by molar-refractivity contribution is 6.44. The molecule has 2 rings (SSSR count). The average Bonchev–Trinajstić information content (AvgIpc) is 2.43. The van der Waals surface area contributed by atoms with Gasteiger partial charge >= 0.3 is 0 Å². The van der Waals surface area contributed by atoms with Crippen LogP contribution < -0.4 is 16.0 Å². The number of nitrogens with two attached hydrogens (primary N) is 1. The summed E-state index contributed by atoms with van der Waals surface area (Å²) in [6.45, 7) is 0. The van der Waals surface area contributed by atoms with Gasteiger partial charge in [0.2, 0.25) is 0 Å². The number of nitrogens with zero attached hydrogens (tertiary/aromatic N) is 1. The summed E-state index contributed by atoms with van der Waals surface area (Å²) >= 11 is 12.0. The van der Waals surface area contributed by atoms with Crippen LogP contribution in [0.25, 0.3) is 0 Å². The SMILES string of the molecule is CN(C)c1ccc(C(=O)Nc2cccc(Cl)c2Cl)cc1N. The number of hydrogen-bond acceptors (Lipinski definition) is 3. The molecule has 0 unspecified atom stereocenters. The van der Waals surface area contributed by atoms with Crippen LogP contribution in [-0.4, -0.2) is 20.0 Å². The van der Waals surface area contributed by atoms with Crippen molar-refractivity contribution in [2.45, 2.75) is 0 Å². The lowest BCUT2D eigenvalue weighted by molar-refractivity contribution is 0.102. The van der Waals surface area contributed by atoms with E-state index >= 15 is 0 Å². The van der Waals surface area contributed by atoms with Crippen molar-refractivity contribution in [1.29, 1.82) is 0 Å². The first-order valence-electron chi connectivity index (χ1n) is 6.22. The van der Waals surface area contributed by atoms with E-state index in [2.05, 4.69) is 5.32 Å². The average molecular weight is 324 g/mol. The predicted octanol–water partition coefficient (Wildman–Crippen LogP) is 3.89. The molecule has 0 bridgehead atoms. The van der Waals surface area contributed by atoms with E-state index in [-0.39, 0.29) is 5.91 Å². The summed E-state index contributed by atoms with van der Waals surface area (Å²) in [7, 11) is 3.77. The molecule has 0 spiro atoms. The number of carbonyl (C=O) groups excluding carboxylic acids is 1. The van der Waals surface area contributed by atoms with Crippen LogP contribution in [0, 0.1) is 0 Å². The Labute approximate surface area is 133 Å². The smallest absolute Gasteiger partial charge is 0.255 e. The van der Waals surface area contributed by atoms with Gasteiger partial charge in [-0.1, -0.05) is 29.3 Å². The second kappa shape index (κ2) is 6.24. The number of anilines is 3. The summed E-state index contributed by atoms with van der Waals surface area (Å²) in [6.07, 6.45) is 0. The van der Waals surface area contributed by atoms with Crippen molar-refractivity contribution in [1.82, 2.24) is 0 Å². The number of amides is 1. The number of nitrogens with one attached hydrogen (secondary N) is 1. The molecular formula is C15H15Cl2N3O. The maximum atomic E-state index is 12.2. The van der Waals surface area contributed by atoms with Gasteiger partial charge in [-0.2, -0.15) is 0 Å². The maximum Gasteiger partial charge on any atom is 0.255 e. The molecule has 4 nitrogen and oxygen atoms in total. The molecule has 0 aliphatic rings. The molecule has 2 aromatic rings. The molecule has 1 amide bonds. The van der Waals surface area contributed by atoms with Gasteiger partial charge < -0.3 is 16.0 Å². The minimum Gasteiger partial charge on any atom is -0.397 e. The molecule has 0 radical (unpaired) electrons. The molecule has 0 fully saturated rings. The maximum absolute atomic E-state index is 12.2. The summed E-state index contributed by atoms with van der Waals surface area (Å²) in [4.78, 5) is 14.1. The fourth-order valence-electron chi connectivity index (χ4n) is 1.90. The van der Waals surface area contributed by atoms with E-state index in [1.807, 2.05) is 19.0 Å². The summed E-state index contributed by atoms with van der Waals surface area (Å²) in [5.41, 5.74) is 8.24. The number of nitrogen functional groups attached to an aromatic ring is 1. The van der Waals surface area contributed by atoms with Gasteiger partial charge in [0, 0.05) is 19.7 Å². The van der Waals surface area contributed by atoms with Crippen molar-refractivity contribution >= 4 is 46.2 Å². The third-order valence-electron chi connectivity index (χ3n) is 2.97. The second-order valence-electron chi connectivity index (χ2n) is 4.72. The standard InChI is InChI=1S/C15H15Cl2N3O/c1-20(2)13-7-6-9(8-11(13)18)15(21)19-12-5-3-4-10(16)14(12)17/h3-8H,18H2,1-2H3,(H,19,21). The van der Waals surface area contributed by atoms with Gasteiger partial charge in [0.1, 0.15) is 0 Å². The topological polar surface area (TPSA) is 58.4 Å². The third-order valence-corrected chi connectivity index (χ3v) is 3.79. The molecule has 21 heavy (non-hydrogen) atoms. The van der Waals surface area contributed by atoms with Crippen molar-refractivity contribution in [3.05, 3.63) is 52.0 Å². The largest absolute Gasteiger partial charge is 0.397 e. The minimum absolute atomic E-state index is 0.295. The molecule has 0 aliphatic heterocycles. The van der Waals surface area contributed by atoms with E-state index in [1.54, 1.807) is 36.4 Å². The monoisotopic (exact) mass is 323 g/mol. The van der Waals surface area contributed by atoms with Gasteiger partial charge in [-0.15, -0.1) is 0 Å². The normalized spacial score (nSPS) is 10.3. The predicted molar refractivity (Wildman–Crippen MR) is 89.6 cm³/mol. The molecule has 3 N–H and O–H groups in total. The lowest BCUT2D eigenvalue weighted by Crippen LogP contribution is -2.15. The summed E-state index contributed by atoms with van der Waals surface area (Å²) in [5, 5.41) is 3.42. The van der Waals surface area contributed by atoms with Crippen LogP contribution in [0.3, 0.4) is 0 Å². The quantitative estimate of drug-likeness (QED) is 0.842. The fourth-order valence-corrected chi connectivity index (χ4v) is 2.25. The van der Waals surface area contributed by atoms with Gasteiger partial charge in [0.25, 0.3) is 5.91 Å². The Morgan fingerprint density at radius 2 is 1.90 bits per heavy atom. The van der Waals surface area contributed by atoms with E-state index in [9.17, 15) is 4.79 Å². The number of carbonyl (C=O) groups is 1. The lowest BCUT2D eigenvalue weighted by Gasteiger charge is -2.16. The van der Waals surface area contributed by atoms with Gasteiger partial charge in [-0.05, 0) is 30.3 Å². The summed E-state index contributed by atoms with van der Waals surface area (Å²) in [6, 6.07) is 10.2. The van der Waals surface area contributed by atoms with Gasteiger partial charge in [0.05, 0.1) is 27.1 Å². The Bertz CT molecular complexity index is 687. The third kappa shape index (κ3) is 3.40. The Morgan fingerprint density at radius 1 is 1.19 bits per heavy atom. The highest BCUT2D eigenvalue weighted by Crippen LogP contribution is 2.30. The molecule has 110 valence electrons. The van der Waals surface area contributed by atoms with E-state index < -0.39 is 0 Å². The molecule has 0 aliphatic carbocycles. The Morgan fingerprint density at radius 3 is 2.52 bits per heavy atom. The van der Waals surface area contributed by atoms with Crippen LogP contribution in [-0.2, 0) is 0 Å². The minimum atomic E-state index is -0.295. The van der Waals surface area contributed by atoms with Gasteiger partial charge in [0.15, 0.2) is 0 Å². The molecule has 0 heterocycles. The first kappa shape index (κ1) is 15.5. The summed E-state index contributed by atoms with van der Waals surface area (Å²) in [5.74, 6) is -0.295.